The molecule has 1 aliphatic heterocycles. The summed E-state index contributed by atoms with van der Waals surface area (Å²) in [6, 6.07) is 27.9. The van der Waals surface area contributed by atoms with Crippen LogP contribution in [0.1, 0.15) is 29.3 Å². The molecular formula is C29H29NO4S2. The van der Waals surface area contributed by atoms with Gasteiger partial charge in [-0.25, -0.2) is 4.79 Å². The standard InChI is InChI=1S/C29H29NO4S2/c1-21(20-35-29(33)23-13-7-3-8-14-23)27(31)30-18-25(36-24-15-9-4-10-16-24)17-26(30)28(32)34-19-22-11-5-2-6-12-22/h2-16,21,25-26H,17-20H2,1H3/t21-,25+,26+/m1/s1. The van der Waals surface area contributed by atoms with Gasteiger partial charge in [-0.2, -0.15) is 0 Å². The minimum atomic E-state index is -0.639. The Bertz CT molecular complexity index is 1160. The van der Waals surface area contributed by atoms with Gasteiger partial charge >= 0.3 is 5.97 Å². The molecule has 1 saturated heterocycles. The lowest BCUT2D eigenvalue weighted by Gasteiger charge is -2.26. The summed E-state index contributed by atoms with van der Waals surface area (Å²) in [5.74, 6) is -0.567. The number of esters is 1. The molecule has 1 fully saturated rings. The smallest absolute Gasteiger partial charge is 0.329 e. The summed E-state index contributed by atoms with van der Waals surface area (Å²) in [5, 5.41) is 0.0180. The van der Waals surface area contributed by atoms with E-state index in [1.807, 2.05) is 85.8 Å². The molecule has 0 radical (unpaired) electrons. The number of amides is 1. The van der Waals surface area contributed by atoms with Crippen molar-refractivity contribution in [1.29, 1.82) is 0 Å². The highest BCUT2D eigenvalue weighted by Gasteiger charge is 2.42. The predicted octanol–water partition coefficient (Wildman–Crippen LogP) is 5.70. The van der Waals surface area contributed by atoms with Gasteiger partial charge in [0.05, 0.1) is 0 Å². The Balaban J connectivity index is 1.41. The first-order valence-electron chi connectivity index (χ1n) is 12.0. The number of thioether (sulfide) groups is 2. The van der Waals surface area contributed by atoms with Gasteiger partial charge in [-0.05, 0) is 24.1 Å². The lowest BCUT2D eigenvalue weighted by Crippen LogP contribution is -2.44. The van der Waals surface area contributed by atoms with Crippen LogP contribution in [0.2, 0.25) is 0 Å². The molecule has 3 aromatic rings. The van der Waals surface area contributed by atoms with Crippen molar-refractivity contribution in [1.82, 2.24) is 4.90 Å². The number of nitrogens with zero attached hydrogens (tertiary/aromatic N) is 1. The van der Waals surface area contributed by atoms with Gasteiger partial charge < -0.3 is 9.64 Å². The van der Waals surface area contributed by atoms with E-state index in [0.717, 1.165) is 22.2 Å². The molecule has 0 aromatic heterocycles. The van der Waals surface area contributed by atoms with Gasteiger partial charge in [0.15, 0.2) is 0 Å². The van der Waals surface area contributed by atoms with Crippen LogP contribution >= 0.6 is 23.5 Å². The first kappa shape index (κ1) is 26.0. The molecule has 1 heterocycles. The molecular weight excluding hydrogens is 490 g/mol. The molecule has 3 atom stereocenters. The topological polar surface area (TPSA) is 63.7 Å². The quantitative estimate of drug-likeness (QED) is 0.338. The lowest BCUT2D eigenvalue weighted by atomic mass is 10.1. The van der Waals surface area contributed by atoms with Gasteiger partial charge in [-0.1, -0.05) is 97.5 Å². The van der Waals surface area contributed by atoms with Crippen LogP contribution in [0.3, 0.4) is 0 Å². The molecule has 5 nitrogen and oxygen atoms in total. The maximum Gasteiger partial charge on any atom is 0.329 e. The molecule has 0 unspecified atom stereocenters. The van der Waals surface area contributed by atoms with Gasteiger partial charge in [0, 0.05) is 33.9 Å². The monoisotopic (exact) mass is 519 g/mol. The molecule has 186 valence electrons. The zero-order valence-corrected chi connectivity index (χ0v) is 21.8. The second-order valence-corrected chi connectivity index (χ2v) is 11.1. The van der Waals surface area contributed by atoms with Gasteiger partial charge in [-0.3, -0.25) is 9.59 Å². The number of carbonyl (C=O) groups is 3. The number of hydrogen-bond donors (Lipinski definition) is 0. The Kier molecular flexibility index (Phi) is 9.25. The molecule has 36 heavy (non-hydrogen) atoms. The van der Waals surface area contributed by atoms with Crippen LogP contribution in [-0.2, 0) is 20.9 Å². The van der Waals surface area contributed by atoms with E-state index in [9.17, 15) is 14.4 Å². The van der Waals surface area contributed by atoms with Crippen molar-refractivity contribution in [2.45, 2.75) is 36.1 Å². The van der Waals surface area contributed by atoms with Crippen LogP contribution in [0.25, 0.3) is 0 Å². The summed E-state index contributed by atoms with van der Waals surface area (Å²) in [5.41, 5.74) is 1.52. The molecule has 0 N–H and O–H groups in total. The van der Waals surface area contributed by atoms with E-state index in [1.165, 1.54) is 0 Å². The fraction of sp³-hybridized carbons (Fsp3) is 0.276. The fourth-order valence-corrected chi connectivity index (χ4v) is 6.14. The maximum atomic E-state index is 13.5. The number of benzene rings is 3. The Morgan fingerprint density at radius 2 is 1.53 bits per heavy atom. The van der Waals surface area contributed by atoms with E-state index in [2.05, 4.69) is 0 Å². The highest BCUT2D eigenvalue weighted by molar-refractivity contribution is 8.14. The normalized spacial score (nSPS) is 18.0. The summed E-state index contributed by atoms with van der Waals surface area (Å²) in [7, 11) is 0. The molecule has 1 amide bonds. The first-order chi connectivity index (χ1) is 17.5. The molecule has 0 aliphatic carbocycles. The summed E-state index contributed by atoms with van der Waals surface area (Å²) >= 11 is 2.81. The SMILES string of the molecule is C[C@H](CSC(=O)c1ccccc1)C(=O)N1C[C@@H](Sc2ccccc2)C[C@H]1C(=O)OCc1ccccc1. The maximum absolute atomic E-state index is 13.5. The van der Waals surface area contributed by atoms with E-state index in [4.69, 9.17) is 4.74 Å². The fourth-order valence-electron chi connectivity index (χ4n) is 4.08. The predicted molar refractivity (Wildman–Crippen MR) is 145 cm³/mol. The summed E-state index contributed by atoms with van der Waals surface area (Å²) < 4.78 is 5.63. The molecule has 7 heteroatoms. The van der Waals surface area contributed by atoms with Gasteiger partial charge in [0.2, 0.25) is 11.0 Å². The van der Waals surface area contributed by atoms with Crippen molar-refractivity contribution in [2.24, 2.45) is 5.92 Å². The van der Waals surface area contributed by atoms with Gasteiger partial charge in [0.1, 0.15) is 12.6 Å². The average Bonchev–Trinajstić information content (AvgIpc) is 3.35. The van der Waals surface area contributed by atoms with Gasteiger partial charge in [0.25, 0.3) is 0 Å². The molecule has 4 rings (SSSR count). The second kappa shape index (κ2) is 12.8. The largest absolute Gasteiger partial charge is 0.459 e. The molecule has 0 bridgehead atoms. The molecule has 0 saturated carbocycles. The van der Waals surface area contributed by atoms with Crippen molar-refractivity contribution >= 4 is 40.5 Å². The van der Waals surface area contributed by atoms with Crippen molar-refractivity contribution in [3.05, 3.63) is 102 Å². The lowest BCUT2D eigenvalue weighted by molar-refractivity contribution is -0.155. The third kappa shape index (κ3) is 7.02. The zero-order valence-electron chi connectivity index (χ0n) is 20.1. The number of hydrogen-bond acceptors (Lipinski definition) is 6. The third-order valence-corrected chi connectivity index (χ3v) is 8.37. The molecule has 1 aliphatic rings. The highest BCUT2D eigenvalue weighted by atomic mass is 32.2. The summed E-state index contributed by atoms with van der Waals surface area (Å²) in [6.07, 6.45) is 0.529. The number of rotatable bonds is 9. The summed E-state index contributed by atoms with van der Waals surface area (Å²) in [4.78, 5) is 41.8. The Hall–Kier alpha value is -3.03. The van der Waals surface area contributed by atoms with Gasteiger partial charge in [-0.15, -0.1) is 11.8 Å². The Morgan fingerprint density at radius 3 is 2.19 bits per heavy atom. The number of likely N-dealkylation sites (tertiary alicyclic amines) is 1. The van der Waals surface area contributed by atoms with Crippen LogP contribution in [0.5, 0.6) is 0 Å². The summed E-state index contributed by atoms with van der Waals surface area (Å²) in [6.45, 7) is 2.45. The van der Waals surface area contributed by atoms with Crippen molar-refractivity contribution in [3.63, 3.8) is 0 Å². The van der Waals surface area contributed by atoms with Crippen molar-refractivity contribution in [2.75, 3.05) is 12.3 Å². The van der Waals surface area contributed by atoms with E-state index in [1.54, 1.807) is 28.8 Å². The van der Waals surface area contributed by atoms with Crippen molar-refractivity contribution in [3.8, 4) is 0 Å². The molecule has 3 aromatic carbocycles. The minimum absolute atomic E-state index is 0.0620. The Labute approximate surface area is 220 Å². The number of carbonyl (C=O) groups excluding carboxylic acids is 3. The van der Waals surface area contributed by atoms with Crippen LogP contribution < -0.4 is 0 Å². The van der Waals surface area contributed by atoms with Crippen LogP contribution in [0, 0.1) is 5.92 Å². The third-order valence-electron chi connectivity index (χ3n) is 5.98. The van der Waals surface area contributed by atoms with E-state index < -0.39 is 12.0 Å². The van der Waals surface area contributed by atoms with E-state index in [-0.39, 0.29) is 28.8 Å². The van der Waals surface area contributed by atoms with Crippen LogP contribution in [-0.4, -0.2) is 45.5 Å². The minimum Gasteiger partial charge on any atom is -0.459 e. The average molecular weight is 520 g/mol. The van der Waals surface area contributed by atoms with Crippen molar-refractivity contribution < 1.29 is 19.1 Å². The first-order valence-corrected chi connectivity index (χ1v) is 13.8. The molecule has 0 spiro atoms. The van der Waals surface area contributed by atoms with E-state index >= 15 is 0 Å². The number of ether oxygens (including phenoxy) is 1. The zero-order chi connectivity index (χ0) is 25.3. The highest BCUT2D eigenvalue weighted by Crippen LogP contribution is 2.34. The van der Waals surface area contributed by atoms with E-state index in [0.29, 0.717) is 24.3 Å². The van der Waals surface area contributed by atoms with Crippen LogP contribution in [0.15, 0.2) is 95.9 Å². The Morgan fingerprint density at radius 1 is 0.917 bits per heavy atom. The van der Waals surface area contributed by atoms with Crippen LogP contribution in [0.4, 0.5) is 0 Å². The second-order valence-electron chi connectivity index (χ2n) is 8.75.